The molecule has 0 aliphatic heterocycles. The number of nitrogen functional groups attached to an aromatic ring is 1. The van der Waals surface area contributed by atoms with Gasteiger partial charge in [0.05, 0.1) is 23.9 Å². The second-order valence-electron chi connectivity index (χ2n) is 8.88. The topological polar surface area (TPSA) is 112 Å². The first kappa shape index (κ1) is 23.5. The molecule has 36 heavy (non-hydrogen) atoms. The number of fused-ring (bicyclic) bond motifs is 1. The fourth-order valence-corrected chi connectivity index (χ4v) is 4.70. The fraction of sp³-hybridized carbons (Fsp3) is 0.259. The van der Waals surface area contributed by atoms with E-state index < -0.39 is 11.7 Å². The van der Waals surface area contributed by atoms with E-state index >= 15 is 0 Å². The number of anilines is 1. The highest BCUT2D eigenvalue weighted by molar-refractivity contribution is 5.96. The normalized spacial score (nSPS) is 14.2. The first-order valence-corrected chi connectivity index (χ1v) is 11.8. The molecule has 8 nitrogen and oxygen atoms in total. The standard InChI is InChI=1S/C27H26FN5O3/c1-36-23-11-8-19(28)14-21(23)26(35)31-15-16-2-4-18(5-3-16)25-32-24(17-6-9-20(34)10-7-17)22-12-13-30-27(29)33(22)25/h2-5,8,11-14,17H,6-7,9-10,15H2,1H3,(H2,29,30)(H,31,35). The third-order valence-electron chi connectivity index (χ3n) is 6.61. The van der Waals surface area contributed by atoms with Crippen molar-refractivity contribution in [1.29, 1.82) is 0 Å². The highest BCUT2D eigenvalue weighted by atomic mass is 19.1. The average molecular weight is 488 g/mol. The number of imidazole rings is 1. The lowest BCUT2D eigenvalue weighted by Gasteiger charge is -2.19. The molecule has 0 bridgehead atoms. The molecule has 0 saturated heterocycles. The van der Waals surface area contributed by atoms with Gasteiger partial charge in [0.15, 0.2) is 0 Å². The van der Waals surface area contributed by atoms with Crippen molar-refractivity contribution in [2.24, 2.45) is 0 Å². The fourth-order valence-electron chi connectivity index (χ4n) is 4.70. The van der Waals surface area contributed by atoms with Crippen molar-refractivity contribution in [3.63, 3.8) is 0 Å². The Kier molecular flexibility index (Phi) is 6.37. The van der Waals surface area contributed by atoms with E-state index in [0.717, 1.165) is 41.2 Å². The third kappa shape index (κ3) is 4.51. The molecule has 4 aromatic rings. The predicted molar refractivity (Wildman–Crippen MR) is 133 cm³/mol. The second-order valence-corrected chi connectivity index (χ2v) is 8.88. The number of methoxy groups -OCH3 is 1. The maximum absolute atomic E-state index is 13.6. The van der Waals surface area contributed by atoms with Gasteiger partial charge in [0, 0.05) is 37.1 Å². The molecule has 9 heteroatoms. The number of carbonyl (C=O) groups is 2. The van der Waals surface area contributed by atoms with Gasteiger partial charge >= 0.3 is 0 Å². The van der Waals surface area contributed by atoms with Gasteiger partial charge in [-0.25, -0.2) is 14.4 Å². The van der Waals surface area contributed by atoms with Crippen molar-refractivity contribution in [1.82, 2.24) is 19.7 Å². The van der Waals surface area contributed by atoms with Crippen LogP contribution in [0.25, 0.3) is 16.9 Å². The van der Waals surface area contributed by atoms with Crippen LogP contribution in [-0.4, -0.2) is 33.2 Å². The van der Waals surface area contributed by atoms with Crippen LogP contribution in [0.1, 0.15) is 53.2 Å². The zero-order chi connectivity index (χ0) is 25.2. The van der Waals surface area contributed by atoms with Gasteiger partial charge in [-0.2, -0.15) is 0 Å². The summed E-state index contributed by atoms with van der Waals surface area (Å²) in [4.78, 5) is 33.5. The Hall–Kier alpha value is -4.27. The van der Waals surface area contributed by atoms with Gasteiger partial charge in [-0.05, 0) is 42.7 Å². The van der Waals surface area contributed by atoms with E-state index in [0.29, 0.717) is 36.1 Å². The maximum Gasteiger partial charge on any atom is 0.255 e. The Morgan fingerprint density at radius 2 is 1.92 bits per heavy atom. The number of ketones is 1. The maximum atomic E-state index is 13.6. The summed E-state index contributed by atoms with van der Waals surface area (Å²) in [6, 6.07) is 13.3. The molecule has 1 aliphatic carbocycles. The molecule has 0 radical (unpaired) electrons. The quantitative estimate of drug-likeness (QED) is 0.420. The number of hydrogen-bond donors (Lipinski definition) is 2. The van der Waals surface area contributed by atoms with Gasteiger partial charge in [-0.3, -0.25) is 14.0 Å². The molecule has 1 fully saturated rings. The van der Waals surface area contributed by atoms with Gasteiger partial charge in [-0.15, -0.1) is 0 Å². The number of amides is 1. The van der Waals surface area contributed by atoms with Crippen LogP contribution in [0, 0.1) is 5.82 Å². The summed E-state index contributed by atoms with van der Waals surface area (Å²) in [6.07, 6.45) is 4.37. The SMILES string of the molecule is COc1ccc(F)cc1C(=O)NCc1ccc(-c2nc(C3CCC(=O)CC3)c3ccnc(N)n23)cc1. The largest absolute Gasteiger partial charge is 0.496 e. The van der Waals surface area contributed by atoms with Crippen molar-refractivity contribution in [2.75, 3.05) is 12.8 Å². The van der Waals surface area contributed by atoms with Crippen LogP contribution in [0.5, 0.6) is 5.75 Å². The molecule has 0 unspecified atom stereocenters. The van der Waals surface area contributed by atoms with Gasteiger partial charge in [0.1, 0.15) is 23.2 Å². The van der Waals surface area contributed by atoms with Crippen LogP contribution in [0.15, 0.2) is 54.7 Å². The highest BCUT2D eigenvalue weighted by Gasteiger charge is 2.26. The molecule has 2 heterocycles. The number of aromatic nitrogens is 3. The molecule has 0 spiro atoms. The van der Waals surface area contributed by atoms with Gasteiger partial charge < -0.3 is 15.8 Å². The number of carbonyl (C=O) groups excluding carboxylic acids is 2. The Morgan fingerprint density at radius 1 is 1.17 bits per heavy atom. The number of nitrogens with zero attached hydrogens (tertiary/aromatic N) is 3. The number of hydrogen-bond acceptors (Lipinski definition) is 6. The van der Waals surface area contributed by atoms with Crippen molar-refractivity contribution in [3.8, 4) is 17.1 Å². The van der Waals surface area contributed by atoms with E-state index in [1.165, 1.54) is 19.2 Å². The van der Waals surface area contributed by atoms with Crippen molar-refractivity contribution in [2.45, 2.75) is 38.1 Å². The number of benzene rings is 2. The summed E-state index contributed by atoms with van der Waals surface area (Å²) in [5.74, 6) is 0.891. The summed E-state index contributed by atoms with van der Waals surface area (Å²) >= 11 is 0. The van der Waals surface area contributed by atoms with Crippen molar-refractivity contribution in [3.05, 3.63) is 77.4 Å². The smallest absolute Gasteiger partial charge is 0.255 e. The Labute approximate surface area is 207 Å². The highest BCUT2D eigenvalue weighted by Crippen LogP contribution is 2.36. The van der Waals surface area contributed by atoms with E-state index in [-0.39, 0.29) is 18.0 Å². The lowest BCUT2D eigenvalue weighted by atomic mass is 9.86. The molecule has 3 N–H and O–H groups in total. The number of nitrogens with two attached hydrogens (primary N) is 1. The molecular weight excluding hydrogens is 461 g/mol. The van der Waals surface area contributed by atoms with Crippen LogP contribution < -0.4 is 15.8 Å². The molecule has 2 aromatic heterocycles. The molecule has 1 saturated carbocycles. The van der Waals surface area contributed by atoms with Crippen molar-refractivity contribution < 1.29 is 18.7 Å². The lowest BCUT2D eigenvalue weighted by molar-refractivity contribution is -0.120. The average Bonchev–Trinajstić information content (AvgIpc) is 3.29. The van der Waals surface area contributed by atoms with Crippen LogP contribution in [0.3, 0.4) is 0 Å². The van der Waals surface area contributed by atoms with E-state index in [2.05, 4.69) is 10.3 Å². The van der Waals surface area contributed by atoms with Crippen LogP contribution >= 0.6 is 0 Å². The molecule has 184 valence electrons. The molecule has 2 aromatic carbocycles. The summed E-state index contributed by atoms with van der Waals surface area (Å²) in [5, 5.41) is 2.80. The monoisotopic (exact) mass is 487 g/mol. The van der Waals surface area contributed by atoms with Gasteiger partial charge in [0.25, 0.3) is 5.91 Å². The Morgan fingerprint density at radius 3 is 2.64 bits per heavy atom. The Balaban J connectivity index is 1.38. The zero-order valence-corrected chi connectivity index (χ0v) is 19.8. The lowest BCUT2D eigenvalue weighted by Crippen LogP contribution is -2.23. The Bertz CT molecular complexity index is 1440. The van der Waals surface area contributed by atoms with Crippen LogP contribution in [-0.2, 0) is 11.3 Å². The third-order valence-corrected chi connectivity index (χ3v) is 6.61. The van der Waals surface area contributed by atoms with E-state index in [1.54, 1.807) is 6.20 Å². The van der Waals surface area contributed by atoms with E-state index in [1.807, 2.05) is 34.7 Å². The number of Topliss-reactive ketones (excluding diaryl/α,β-unsaturated/α-hetero) is 1. The van der Waals surface area contributed by atoms with Gasteiger partial charge in [0.2, 0.25) is 5.95 Å². The molecule has 1 amide bonds. The number of ether oxygens (including phenoxy) is 1. The molecule has 0 atom stereocenters. The molecule has 1 aliphatic rings. The van der Waals surface area contributed by atoms with E-state index in [4.69, 9.17) is 15.5 Å². The summed E-state index contributed by atoms with van der Waals surface area (Å²) in [7, 11) is 1.43. The number of nitrogens with one attached hydrogen (secondary N) is 1. The second kappa shape index (κ2) is 9.77. The minimum absolute atomic E-state index is 0.137. The summed E-state index contributed by atoms with van der Waals surface area (Å²) in [5.41, 5.74) is 9.92. The summed E-state index contributed by atoms with van der Waals surface area (Å²) < 4.78 is 20.6. The number of rotatable bonds is 6. The van der Waals surface area contributed by atoms with E-state index in [9.17, 15) is 14.0 Å². The minimum Gasteiger partial charge on any atom is -0.496 e. The van der Waals surface area contributed by atoms with Crippen LogP contribution in [0.4, 0.5) is 10.3 Å². The minimum atomic E-state index is -0.509. The molecular formula is C27H26FN5O3. The molecule has 5 rings (SSSR count). The van der Waals surface area contributed by atoms with Gasteiger partial charge in [-0.1, -0.05) is 24.3 Å². The predicted octanol–water partition coefficient (Wildman–Crippen LogP) is 4.28. The summed E-state index contributed by atoms with van der Waals surface area (Å²) in [6.45, 7) is 0.256. The van der Waals surface area contributed by atoms with Crippen LogP contribution in [0.2, 0.25) is 0 Å². The first-order chi connectivity index (χ1) is 17.4. The zero-order valence-electron chi connectivity index (χ0n) is 19.8. The first-order valence-electron chi connectivity index (χ1n) is 11.8. The number of halogens is 1. The van der Waals surface area contributed by atoms with Crippen molar-refractivity contribution >= 4 is 23.2 Å².